The number of anilines is 1. The van der Waals surface area contributed by atoms with Gasteiger partial charge in [0.05, 0.1) is 12.2 Å². The second kappa shape index (κ2) is 10.7. The van der Waals surface area contributed by atoms with E-state index >= 15 is 0 Å². The van der Waals surface area contributed by atoms with Crippen molar-refractivity contribution in [3.63, 3.8) is 0 Å². The summed E-state index contributed by atoms with van der Waals surface area (Å²) in [6, 6.07) is 13.7. The van der Waals surface area contributed by atoms with Gasteiger partial charge in [-0.05, 0) is 69.4 Å². The van der Waals surface area contributed by atoms with Crippen LogP contribution in [0.4, 0.5) is 5.69 Å². The molecule has 3 N–H and O–H groups in total. The van der Waals surface area contributed by atoms with Gasteiger partial charge in [0.25, 0.3) is 11.8 Å². The largest absolute Gasteiger partial charge is 0.490 e. The molecule has 0 bridgehead atoms. The number of nitrogens with one attached hydrogen (secondary N) is 3. The maximum Gasteiger partial charge on any atom is 0.261 e. The van der Waals surface area contributed by atoms with E-state index in [9.17, 15) is 9.59 Å². The van der Waals surface area contributed by atoms with Gasteiger partial charge in [-0.2, -0.15) is 0 Å². The van der Waals surface area contributed by atoms with E-state index in [-0.39, 0.29) is 22.5 Å². The number of hydrogen-bond donors (Lipinski definition) is 3. The molecule has 2 amide bonds. The molecule has 0 fully saturated rings. The topological polar surface area (TPSA) is 88.7 Å². The van der Waals surface area contributed by atoms with Crippen molar-refractivity contribution in [3.8, 4) is 5.75 Å². The first kappa shape index (κ1) is 23.3. The van der Waals surface area contributed by atoms with Crippen LogP contribution in [0.2, 0.25) is 0 Å². The smallest absolute Gasteiger partial charge is 0.261 e. The molecule has 0 heterocycles. The number of carbonyl (C=O) groups is 2. The third-order valence-corrected chi connectivity index (χ3v) is 4.00. The van der Waals surface area contributed by atoms with Crippen molar-refractivity contribution in [2.75, 3.05) is 25.6 Å². The minimum Gasteiger partial charge on any atom is -0.490 e. The summed E-state index contributed by atoms with van der Waals surface area (Å²) in [5.41, 5.74) is 1.24. The molecule has 30 heavy (non-hydrogen) atoms. The lowest BCUT2D eigenvalue weighted by molar-refractivity contribution is 0.0918. The Morgan fingerprint density at radius 1 is 0.967 bits per heavy atom. The molecule has 0 aromatic heterocycles. The molecule has 0 aliphatic carbocycles. The summed E-state index contributed by atoms with van der Waals surface area (Å²) in [6.07, 6.45) is 0. The Labute approximate surface area is 182 Å². The lowest BCUT2D eigenvalue weighted by atomic mass is 10.1. The van der Waals surface area contributed by atoms with E-state index in [1.54, 1.807) is 55.6 Å². The first-order valence-electron chi connectivity index (χ1n) is 9.45. The number of benzene rings is 2. The maximum absolute atomic E-state index is 12.6. The fourth-order valence-corrected chi connectivity index (χ4v) is 2.68. The first-order valence-corrected chi connectivity index (χ1v) is 9.86. The van der Waals surface area contributed by atoms with Crippen LogP contribution in [0, 0.1) is 0 Å². The molecule has 7 nitrogen and oxygen atoms in total. The fourth-order valence-electron chi connectivity index (χ4n) is 2.47. The number of amides is 2. The molecule has 2 aromatic rings. The molecule has 0 aliphatic rings. The normalized spacial score (nSPS) is 10.8. The quantitative estimate of drug-likeness (QED) is 0.462. The van der Waals surface area contributed by atoms with Gasteiger partial charge >= 0.3 is 0 Å². The number of thiocarbonyl (C=S) groups is 1. The number of methoxy groups -OCH3 is 1. The molecular weight excluding hydrogens is 402 g/mol. The molecule has 2 rings (SSSR count). The summed E-state index contributed by atoms with van der Waals surface area (Å²) in [7, 11) is 1.58. The van der Waals surface area contributed by atoms with Crippen LogP contribution in [0.25, 0.3) is 0 Å². The van der Waals surface area contributed by atoms with Crippen molar-refractivity contribution in [1.29, 1.82) is 0 Å². The van der Waals surface area contributed by atoms with Crippen LogP contribution in [0.5, 0.6) is 5.75 Å². The highest BCUT2D eigenvalue weighted by atomic mass is 32.1. The molecule has 0 unspecified atom stereocenters. The zero-order valence-corrected chi connectivity index (χ0v) is 18.4. The van der Waals surface area contributed by atoms with Crippen LogP contribution in [-0.4, -0.2) is 42.8 Å². The van der Waals surface area contributed by atoms with E-state index in [0.717, 1.165) is 0 Å². The Balaban J connectivity index is 1.96. The molecule has 0 saturated heterocycles. The van der Waals surface area contributed by atoms with Gasteiger partial charge in [-0.3, -0.25) is 14.9 Å². The monoisotopic (exact) mass is 429 g/mol. The Kier molecular flexibility index (Phi) is 8.32. The van der Waals surface area contributed by atoms with Crippen LogP contribution < -0.4 is 20.7 Å². The van der Waals surface area contributed by atoms with Crippen LogP contribution in [0.15, 0.2) is 48.5 Å². The number of hydrogen-bond acceptors (Lipinski definition) is 5. The van der Waals surface area contributed by atoms with Crippen LogP contribution in [-0.2, 0) is 4.74 Å². The van der Waals surface area contributed by atoms with E-state index in [1.165, 1.54) is 0 Å². The molecule has 0 radical (unpaired) electrons. The Morgan fingerprint density at radius 2 is 1.63 bits per heavy atom. The Bertz CT molecular complexity index is 892. The highest BCUT2D eigenvalue weighted by molar-refractivity contribution is 7.80. The third-order valence-electron chi connectivity index (χ3n) is 3.80. The summed E-state index contributed by atoms with van der Waals surface area (Å²) >= 11 is 5.23. The lowest BCUT2D eigenvalue weighted by Crippen LogP contribution is -2.40. The summed E-state index contributed by atoms with van der Waals surface area (Å²) < 4.78 is 10.5. The second-order valence-electron chi connectivity index (χ2n) is 7.53. The van der Waals surface area contributed by atoms with Gasteiger partial charge in [0.15, 0.2) is 5.11 Å². The zero-order chi connectivity index (χ0) is 22.1. The van der Waals surface area contributed by atoms with E-state index in [4.69, 9.17) is 21.7 Å². The highest BCUT2D eigenvalue weighted by Crippen LogP contribution is 2.18. The average Bonchev–Trinajstić information content (AvgIpc) is 2.67. The van der Waals surface area contributed by atoms with Crippen LogP contribution in [0.1, 0.15) is 41.5 Å². The number of para-hydroxylation sites is 1. The summed E-state index contributed by atoms with van der Waals surface area (Å²) in [4.78, 5) is 24.8. The van der Waals surface area contributed by atoms with E-state index in [2.05, 4.69) is 16.0 Å². The summed E-state index contributed by atoms with van der Waals surface area (Å²) in [5.74, 6) is -0.0965. The zero-order valence-electron chi connectivity index (χ0n) is 17.6. The molecule has 160 valence electrons. The number of ether oxygens (including phenoxy) is 2. The van der Waals surface area contributed by atoms with E-state index in [1.807, 2.05) is 20.8 Å². The van der Waals surface area contributed by atoms with Crippen LogP contribution in [0.3, 0.4) is 0 Å². The van der Waals surface area contributed by atoms with Gasteiger partial charge < -0.3 is 20.1 Å². The van der Waals surface area contributed by atoms with Crippen molar-refractivity contribution < 1.29 is 19.1 Å². The molecule has 0 spiro atoms. The maximum atomic E-state index is 12.6. The Morgan fingerprint density at radius 3 is 2.27 bits per heavy atom. The number of rotatable bonds is 7. The predicted molar refractivity (Wildman–Crippen MR) is 121 cm³/mol. The molecule has 8 heteroatoms. The van der Waals surface area contributed by atoms with Crippen LogP contribution >= 0.6 is 12.2 Å². The van der Waals surface area contributed by atoms with E-state index < -0.39 is 0 Å². The predicted octanol–water partition coefficient (Wildman–Crippen LogP) is 3.37. The second-order valence-corrected chi connectivity index (χ2v) is 7.94. The molecular formula is C22H27N3O4S. The minimum absolute atomic E-state index is 0.138. The number of carbonyl (C=O) groups excluding carboxylic acids is 2. The van der Waals surface area contributed by atoms with Gasteiger partial charge in [0.1, 0.15) is 12.4 Å². The molecule has 0 atom stereocenters. The van der Waals surface area contributed by atoms with E-state index in [0.29, 0.717) is 35.8 Å². The SMILES string of the molecule is COCCOc1ccccc1C(=O)NC(=S)Nc1ccc(C(=O)NC(C)(C)C)cc1. The molecule has 2 aromatic carbocycles. The first-order chi connectivity index (χ1) is 14.2. The van der Waals surface area contributed by atoms with Crippen molar-refractivity contribution in [1.82, 2.24) is 10.6 Å². The summed E-state index contributed by atoms with van der Waals surface area (Å²) in [5, 5.41) is 8.61. The van der Waals surface area contributed by atoms with Crippen molar-refractivity contribution in [2.45, 2.75) is 26.3 Å². The Hall–Kier alpha value is -2.97. The lowest BCUT2D eigenvalue weighted by Gasteiger charge is -2.20. The standard InChI is InChI=1S/C22H27N3O4S/c1-22(2,3)25-19(26)15-9-11-16(12-10-15)23-21(30)24-20(27)17-7-5-6-8-18(17)29-14-13-28-4/h5-12H,13-14H2,1-4H3,(H,25,26)(H2,23,24,27,30). The molecule has 0 aliphatic heterocycles. The van der Waals surface area contributed by atoms with Crippen molar-refractivity contribution in [2.24, 2.45) is 0 Å². The summed E-state index contributed by atoms with van der Waals surface area (Å²) in [6.45, 7) is 6.51. The van der Waals surface area contributed by atoms with Gasteiger partial charge in [0.2, 0.25) is 0 Å². The van der Waals surface area contributed by atoms with Crippen molar-refractivity contribution in [3.05, 3.63) is 59.7 Å². The third kappa shape index (κ3) is 7.46. The van der Waals surface area contributed by atoms with Gasteiger partial charge in [-0.25, -0.2) is 0 Å². The van der Waals surface area contributed by atoms with Gasteiger partial charge in [-0.1, -0.05) is 12.1 Å². The van der Waals surface area contributed by atoms with Gasteiger partial charge in [-0.15, -0.1) is 0 Å². The highest BCUT2D eigenvalue weighted by Gasteiger charge is 2.16. The fraction of sp³-hybridized carbons (Fsp3) is 0.318. The minimum atomic E-state index is -0.387. The molecule has 0 saturated carbocycles. The average molecular weight is 430 g/mol. The van der Waals surface area contributed by atoms with Gasteiger partial charge in [0, 0.05) is 23.9 Å². The van der Waals surface area contributed by atoms with Crippen molar-refractivity contribution >= 4 is 34.8 Å².